The first-order valence-corrected chi connectivity index (χ1v) is 11.0. The largest absolute Gasteiger partial charge is 0.507 e. The first kappa shape index (κ1) is 23.4. The fraction of sp³-hybridized carbons (Fsp3) is 0.185. The van der Waals surface area contributed by atoms with Gasteiger partial charge in [-0.05, 0) is 73.0 Å². The molecule has 1 amide bonds. The number of carbonyl (C=O) groups is 2. The average Bonchev–Trinajstić information content (AvgIpc) is 3.08. The van der Waals surface area contributed by atoms with Crippen molar-refractivity contribution in [2.75, 3.05) is 19.1 Å². The predicted octanol–water partition coefficient (Wildman–Crippen LogP) is 5.60. The number of carbonyl (C=O) groups excluding carboxylic acids is 2. The number of nitrogens with zero attached hydrogens (tertiary/aromatic N) is 1. The number of ether oxygens (including phenoxy) is 2. The van der Waals surface area contributed by atoms with E-state index in [9.17, 15) is 14.7 Å². The highest BCUT2D eigenvalue weighted by atomic mass is 35.5. The Kier molecular flexibility index (Phi) is 6.35. The van der Waals surface area contributed by atoms with E-state index in [1.54, 1.807) is 36.4 Å². The Morgan fingerprint density at radius 3 is 2.29 bits per heavy atom. The summed E-state index contributed by atoms with van der Waals surface area (Å²) in [7, 11) is 2.99. The molecule has 3 aromatic carbocycles. The minimum atomic E-state index is -0.889. The van der Waals surface area contributed by atoms with E-state index < -0.39 is 17.7 Å². The molecule has 1 fully saturated rings. The van der Waals surface area contributed by atoms with E-state index in [0.717, 1.165) is 11.1 Å². The van der Waals surface area contributed by atoms with E-state index in [1.165, 1.54) is 25.2 Å². The lowest BCUT2D eigenvalue weighted by Gasteiger charge is -2.26. The third-order valence-corrected chi connectivity index (χ3v) is 5.99. The maximum Gasteiger partial charge on any atom is 0.300 e. The smallest absolute Gasteiger partial charge is 0.300 e. The lowest BCUT2D eigenvalue weighted by molar-refractivity contribution is -0.132. The fourth-order valence-electron chi connectivity index (χ4n) is 4.33. The molecule has 6 nitrogen and oxygen atoms in total. The average molecular weight is 478 g/mol. The molecule has 34 heavy (non-hydrogen) atoms. The standard InChI is InChI=1S/C27H24ClNO5/c1-15-10-16(2)12-19(11-15)29-24(17-6-5-7-20(13-17)33-3)23(26(31)27(29)32)25(30)21-14-18(28)8-9-22(21)34-4/h5-14,24,30H,1-4H3/b25-23+. The van der Waals surface area contributed by atoms with E-state index in [4.69, 9.17) is 21.1 Å². The monoisotopic (exact) mass is 477 g/mol. The van der Waals surface area contributed by atoms with Crippen LogP contribution in [0.2, 0.25) is 5.02 Å². The number of Topliss-reactive ketones (excluding diaryl/α,β-unsaturated/α-hetero) is 1. The highest BCUT2D eigenvalue weighted by molar-refractivity contribution is 6.51. The Morgan fingerprint density at radius 1 is 0.941 bits per heavy atom. The third kappa shape index (κ3) is 4.13. The van der Waals surface area contributed by atoms with Gasteiger partial charge in [-0.15, -0.1) is 0 Å². The van der Waals surface area contributed by atoms with Gasteiger partial charge in [0, 0.05) is 10.7 Å². The van der Waals surface area contributed by atoms with Crippen molar-refractivity contribution < 1.29 is 24.2 Å². The second kappa shape index (κ2) is 9.23. The second-order valence-corrected chi connectivity index (χ2v) is 8.57. The molecule has 0 bridgehead atoms. The molecule has 1 aliphatic rings. The summed E-state index contributed by atoms with van der Waals surface area (Å²) in [5.41, 5.74) is 3.22. The molecule has 0 aliphatic carbocycles. The van der Waals surface area contributed by atoms with E-state index in [1.807, 2.05) is 32.0 Å². The molecule has 1 heterocycles. The third-order valence-electron chi connectivity index (χ3n) is 5.76. The summed E-state index contributed by atoms with van der Waals surface area (Å²) in [4.78, 5) is 28.2. The van der Waals surface area contributed by atoms with Crippen LogP contribution >= 0.6 is 11.6 Å². The molecule has 1 aliphatic heterocycles. The van der Waals surface area contributed by atoms with Gasteiger partial charge in [0.05, 0.1) is 31.4 Å². The fourth-order valence-corrected chi connectivity index (χ4v) is 4.50. The molecular weight excluding hydrogens is 454 g/mol. The van der Waals surface area contributed by atoms with E-state index in [0.29, 0.717) is 27.8 Å². The zero-order valence-electron chi connectivity index (χ0n) is 19.3. The van der Waals surface area contributed by atoms with Gasteiger partial charge in [-0.3, -0.25) is 14.5 Å². The molecule has 1 atom stereocenters. The minimum Gasteiger partial charge on any atom is -0.507 e. The van der Waals surface area contributed by atoms with Gasteiger partial charge in [-0.25, -0.2) is 0 Å². The highest BCUT2D eigenvalue weighted by Crippen LogP contribution is 2.44. The van der Waals surface area contributed by atoms with Gasteiger partial charge in [0.25, 0.3) is 11.7 Å². The summed E-state index contributed by atoms with van der Waals surface area (Å²) in [5.74, 6) is -1.02. The molecule has 1 N–H and O–H groups in total. The molecule has 3 aromatic rings. The Labute approximate surface area is 203 Å². The quantitative estimate of drug-likeness (QED) is 0.294. The zero-order chi connectivity index (χ0) is 24.6. The molecule has 0 radical (unpaired) electrons. The molecule has 174 valence electrons. The molecule has 7 heteroatoms. The summed E-state index contributed by atoms with van der Waals surface area (Å²) in [6.07, 6.45) is 0. The maximum atomic E-state index is 13.4. The topological polar surface area (TPSA) is 76.1 Å². The number of amides is 1. The van der Waals surface area contributed by atoms with Crippen molar-refractivity contribution in [2.24, 2.45) is 0 Å². The summed E-state index contributed by atoms with van der Waals surface area (Å²) >= 11 is 6.17. The number of anilines is 1. The summed E-state index contributed by atoms with van der Waals surface area (Å²) in [6, 6.07) is 16.6. The summed E-state index contributed by atoms with van der Waals surface area (Å²) in [6.45, 7) is 3.84. The molecule has 4 rings (SSSR count). The van der Waals surface area contributed by atoms with Crippen LogP contribution in [0.5, 0.6) is 11.5 Å². The van der Waals surface area contributed by atoms with Crippen molar-refractivity contribution in [3.63, 3.8) is 0 Å². The normalized spacial score (nSPS) is 17.2. The Hall–Kier alpha value is -3.77. The predicted molar refractivity (Wildman–Crippen MR) is 132 cm³/mol. The number of methoxy groups -OCH3 is 2. The number of aryl methyl sites for hydroxylation is 2. The van der Waals surface area contributed by atoms with Gasteiger partial charge in [-0.2, -0.15) is 0 Å². The number of ketones is 1. The van der Waals surface area contributed by atoms with Gasteiger partial charge in [0.15, 0.2) is 0 Å². The molecule has 1 unspecified atom stereocenters. The van der Waals surface area contributed by atoms with Gasteiger partial charge in [0.1, 0.15) is 17.3 Å². The van der Waals surface area contributed by atoms with Crippen molar-refractivity contribution >= 4 is 34.7 Å². The number of halogens is 1. The van der Waals surface area contributed by atoms with E-state index >= 15 is 0 Å². The van der Waals surface area contributed by atoms with E-state index in [2.05, 4.69) is 0 Å². The molecular formula is C27H24ClNO5. The van der Waals surface area contributed by atoms with Gasteiger partial charge >= 0.3 is 0 Å². The number of hydrogen-bond donors (Lipinski definition) is 1. The van der Waals surface area contributed by atoms with Crippen LogP contribution in [0.15, 0.2) is 66.2 Å². The minimum absolute atomic E-state index is 0.0574. The number of hydrogen-bond acceptors (Lipinski definition) is 5. The van der Waals surface area contributed by atoms with Crippen LogP contribution in [0.25, 0.3) is 5.76 Å². The molecule has 0 spiro atoms. The van der Waals surface area contributed by atoms with Crippen molar-refractivity contribution in [1.29, 1.82) is 0 Å². The first-order valence-electron chi connectivity index (χ1n) is 10.6. The van der Waals surface area contributed by atoms with Crippen LogP contribution in [0.1, 0.15) is 28.3 Å². The number of aliphatic hydroxyl groups excluding tert-OH is 1. The Bertz CT molecular complexity index is 1310. The van der Waals surface area contributed by atoms with Gasteiger partial charge < -0.3 is 14.6 Å². The zero-order valence-corrected chi connectivity index (χ0v) is 20.0. The van der Waals surface area contributed by atoms with Gasteiger partial charge in [-0.1, -0.05) is 29.8 Å². The van der Waals surface area contributed by atoms with Crippen LogP contribution in [0.3, 0.4) is 0 Å². The van der Waals surface area contributed by atoms with Crippen LogP contribution < -0.4 is 14.4 Å². The van der Waals surface area contributed by atoms with Crippen LogP contribution in [0.4, 0.5) is 5.69 Å². The van der Waals surface area contributed by atoms with Crippen molar-refractivity contribution in [3.8, 4) is 11.5 Å². The lowest BCUT2D eigenvalue weighted by atomic mass is 9.94. The van der Waals surface area contributed by atoms with Crippen molar-refractivity contribution in [3.05, 3.63) is 93.5 Å². The number of benzene rings is 3. The number of aliphatic hydroxyl groups is 1. The van der Waals surface area contributed by atoms with Crippen LogP contribution in [-0.4, -0.2) is 31.0 Å². The Morgan fingerprint density at radius 2 is 1.65 bits per heavy atom. The van der Waals surface area contributed by atoms with Crippen molar-refractivity contribution in [1.82, 2.24) is 0 Å². The SMILES string of the molecule is COc1cccc(C2/C(=C(\O)c3cc(Cl)ccc3OC)C(=O)C(=O)N2c2cc(C)cc(C)c2)c1. The van der Waals surface area contributed by atoms with E-state index in [-0.39, 0.29) is 16.9 Å². The lowest BCUT2D eigenvalue weighted by Crippen LogP contribution is -2.29. The summed E-state index contributed by atoms with van der Waals surface area (Å²) in [5, 5.41) is 11.7. The Balaban J connectivity index is 2.02. The van der Waals surface area contributed by atoms with Crippen LogP contribution in [0, 0.1) is 13.8 Å². The van der Waals surface area contributed by atoms with Crippen molar-refractivity contribution in [2.45, 2.75) is 19.9 Å². The first-order chi connectivity index (χ1) is 16.2. The second-order valence-electron chi connectivity index (χ2n) is 8.14. The number of rotatable bonds is 5. The molecule has 1 saturated heterocycles. The molecule has 0 saturated carbocycles. The highest BCUT2D eigenvalue weighted by Gasteiger charge is 2.47. The summed E-state index contributed by atoms with van der Waals surface area (Å²) < 4.78 is 10.8. The maximum absolute atomic E-state index is 13.4. The van der Waals surface area contributed by atoms with Gasteiger partial charge in [0.2, 0.25) is 0 Å². The van der Waals surface area contributed by atoms with Crippen LogP contribution in [-0.2, 0) is 9.59 Å². The molecule has 0 aromatic heterocycles.